The number of amides is 1. The summed E-state index contributed by atoms with van der Waals surface area (Å²) in [5, 5.41) is 3.05. The average molecular weight is 377 g/mol. The maximum Gasteiger partial charge on any atom is 0.225 e. The molecule has 0 bridgehead atoms. The first-order valence-electron chi connectivity index (χ1n) is 9.85. The number of anilines is 1. The Labute approximate surface area is 171 Å². The number of hydrogen-bond acceptors (Lipinski definition) is 1. The van der Waals surface area contributed by atoms with Gasteiger partial charge in [-0.15, -0.1) is 0 Å². The quantitative estimate of drug-likeness (QED) is 0.407. The second-order valence-electron chi connectivity index (χ2n) is 7.07. The van der Waals surface area contributed by atoms with Crippen LogP contribution in [0.3, 0.4) is 0 Å². The molecule has 0 heterocycles. The Morgan fingerprint density at radius 1 is 0.586 bits per heavy atom. The van der Waals surface area contributed by atoms with Gasteiger partial charge in [0, 0.05) is 18.0 Å². The van der Waals surface area contributed by atoms with E-state index in [-0.39, 0.29) is 11.8 Å². The Balaban J connectivity index is 1.48. The van der Waals surface area contributed by atoms with Crippen molar-refractivity contribution in [1.82, 2.24) is 0 Å². The van der Waals surface area contributed by atoms with Crippen LogP contribution in [0.2, 0.25) is 0 Å². The summed E-state index contributed by atoms with van der Waals surface area (Å²) in [5.41, 5.74) is 5.41. The topological polar surface area (TPSA) is 29.1 Å². The van der Waals surface area contributed by atoms with Gasteiger partial charge in [0.25, 0.3) is 0 Å². The van der Waals surface area contributed by atoms with Crippen LogP contribution < -0.4 is 5.32 Å². The fraction of sp³-hybridized carbons (Fsp3) is 0.0741. The van der Waals surface area contributed by atoms with Crippen LogP contribution in [0, 0.1) is 0 Å². The molecule has 0 aliphatic rings. The van der Waals surface area contributed by atoms with Gasteiger partial charge in [0.05, 0.1) is 0 Å². The third-order valence-corrected chi connectivity index (χ3v) is 5.07. The summed E-state index contributed by atoms with van der Waals surface area (Å²) in [6.07, 6.45) is 0.397. The van der Waals surface area contributed by atoms with Gasteiger partial charge in [0.1, 0.15) is 0 Å². The van der Waals surface area contributed by atoms with Gasteiger partial charge in [-0.1, -0.05) is 103 Å². The highest BCUT2D eigenvalue weighted by molar-refractivity contribution is 5.91. The van der Waals surface area contributed by atoms with Gasteiger partial charge in [-0.3, -0.25) is 4.79 Å². The zero-order valence-electron chi connectivity index (χ0n) is 16.2. The van der Waals surface area contributed by atoms with Crippen molar-refractivity contribution < 1.29 is 4.79 Å². The molecule has 0 spiro atoms. The van der Waals surface area contributed by atoms with E-state index >= 15 is 0 Å². The van der Waals surface area contributed by atoms with Crippen LogP contribution >= 0.6 is 0 Å². The summed E-state index contributed by atoms with van der Waals surface area (Å²) in [5.74, 6) is 0.0381. The van der Waals surface area contributed by atoms with Crippen LogP contribution in [0.15, 0.2) is 115 Å². The maximum atomic E-state index is 12.8. The number of hydrogen-bond donors (Lipinski definition) is 1. The zero-order chi connectivity index (χ0) is 19.9. The highest BCUT2D eigenvalue weighted by Gasteiger charge is 2.18. The van der Waals surface area contributed by atoms with E-state index in [4.69, 9.17) is 0 Å². The van der Waals surface area contributed by atoms with Crippen molar-refractivity contribution in [2.45, 2.75) is 12.3 Å². The Hall–Kier alpha value is -3.65. The van der Waals surface area contributed by atoms with E-state index in [2.05, 4.69) is 41.7 Å². The third kappa shape index (κ3) is 4.80. The Morgan fingerprint density at radius 3 is 1.55 bits per heavy atom. The van der Waals surface area contributed by atoms with E-state index in [0.717, 1.165) is 22.4 Å². The van der Waals surface area contributed by atoms with Crippen LogP contribution in [-0.4, -0.2) is 5.91 Å². The normalized spacial score (nSPS) is 10.7. The molecule has 0 aromatic heterocycles. The van der Waals surface area contributed by atoms with Crippen molar-refractivity contribution >= 4 is 11.6 Å². The third-order valence-electron chi connectivity index (χ3n) is 5.07. The molecule has 29 heavy (non-hydrogen) atoms. The van der Waals surface area contributed by atoms with Gasteiger partial charge >= 0.3 is 0 Å². The van der Waals surface area contributed by atoms with Crippen LogP contribution in [0.4, 0.5) is 5.69 Å². The fourth-order valence-corrected chi connectivity index (χ4v) is 3.57. The lowest BCUT2D eigenvalue weighted by atomic mass is 9.88. The predicted octanol–water partition coefficient (Wildman–Crippen LogP) is 6.51. The van der Waals surface area contributed by atoms with Crippen molar-refractivity contribution in [3.8, 4) is 11.1 Å². The summed E-state index contributed by atoms with van der Waals surface area (Å²) in [4.78, 5) is 12.8. The Bertz CT molecular complexity index is 1000. The molecule has 4 aromatic rings. The van der Waals surface area contributed by atoms with E-state index in [1.165, 1.54) is 5.56 Å². The largest absolute Gasteiger partial charge is 0.326 e. The van der Waals surface area contributed by atoms with Crippen molar-refractivity contribution in [2.75, 3.05) is 5.32 Å². The first-order chi connectivity index (χ1) is 14.3. The van der Waals surface area contributed by atoms with Crippen molar-refractivity contribution in [3.63, 3.8) is 0 Å². The lowest BCUT2D eigenvalue weighted by Crippen LogP contribution is -2.16. The van der Waals surface area contributed by atoms with Crippen LogP contribution in [-0.2, 0) is 4.79 Å². The lowest BCUT2D eigenvalue weighted by Gasteiger charge is -2.18. The average Bonchev–Trinajstić information content (AvgIpc) is 2.80. The van der Waals surface area contributed by atoms with E-state index in [1.54, 1.807) is 0 Å². The van der Waals surface area contributed by atoms with E-state index in [9.17, 15) is 4.79 Å². The highest BCUT2D eigenvalue weighted by atomic mass is 16.1. The monoisotopic (exact) mass is 377 g/mol. The zero-order valence-corrected chi connectivity index (χ0v) is 16.2. The predicted molar refractivity (Wildman–Crippen MR) is 120 cm³/mol. The number of carbonyl (C=O) groups excluding carboxylic acids is 1. The molecule has 0 unspecified atom stereocenters. The molecule has 0 aliphatic carbocycles. The molecule has 1 amide bonds. The van der Waals surface area contributed by atoms with E-state index < -0.39 is 0 Å². The van der Waals surface area contributed by atoms with Crippen molar-refractivity contribution in [3.05, 3.63) is 126 Å². The van der Waals surface area contributed by atoms with E-state index in [0.29, 0.717) is 6.42 Å². The SMILES string of the molecule is O=C(CC(c1ccccc1)c1ccccc1)Nc1ccc(-c2ccccc2)cc1. The summed E-state index contributed by atoms with van der Waals surface area (Å²) in [6, 6.07) is 38.6. The molecule has 1 N–H and O–H groups in total. The standard InChI is InChI=1S/C27H23NO/c29-27(28-25-18-16-22(17-19-25)21-10-4-1-5-11-21)20-26(23-12-6-2-7-13-23)24-14-8-3-9-15-24/h1-19,26H,20H2,(H,28,29). The van der Waals surface area contributed by atoms with Gasteiger partial charge in [-0.25, -0.2) is 0 Å². The minimum atomic E-state index is 0.00941. The number of nitrogens with one attached hydrogen (secondary N) is 1. The number of carbonyl (C=O) groups is 1. The first kappa shape index (κ1) is 18.7. The highest BCUT2D eigenvalue weighted by Crippen LogP contribution is 2.28. The first-order valence-corrected chi connectivity index (χ1v) is 9.85. The van der Waals surface area contributed by atoms with Crippen LogP contribution in [0.5, 0.6) is 0 Å². The minimum absolute atomic E-state index is 0.00941. The van der Waals surface area contributed by atoms with Gasteiger partial charge in [0.2, 0.25) is 5.91 Å². The van der Waals surface area contributed by atoms with Crippen LogP contribution in [0.1, 0.15) is 23.5 Å². The molecule has 142 valence electrons. The van der Waals surface area contributed by atoms with Gasteiger partial charge in [-0.05, 0) is 34.4 Å². The summed E-state index contributed by atoms with van der Waals surface area (Å²) >= 11 is 0. The molecule has 0 atom stereocenters. The second kappa shape index (κ2) is 9.03. The molecule has 0 aliphatic heterocycles. The Morgan fingerprint density at radius 2 is 1.03 bits per heavy atom. The van der Waals surface area contributed by atoms with Crippen molar-refractivity contribution in [2.24, 2.45) is 0 Å². The number of benzene rings is 4. The molecule has 2 nitrogen and oxygen atoms in total. The second-order valence-corrected chi connectivity index (χ2v) is 7.07. The fourth-order valence-electron chi connectivity index (χ4n) is 3.57. The molecular formula is C27H23NO. The van der Waals surface area contributed by atoms with Gasteiger partial charge in [0.15, 0.2) is 0 Å². The summed E-state index contributed by atoms with van der Waals surface area (Å²) in [6.45, 7) is 0. The number of rotatable bonds is 6. The lowest BCUT2D eigenvalue weighted by molar-refractivity contribution is -0.116. The van der Waals surface area contributed by atoms with E-state index in [1.807, 2.05) is 78.9 Å². The maximum absolute atomic E-state index is 12.8. The van der Waals surface area contributed by atoms with Gasteiger partial charge < -0.3 is 5.32 Å². The molecule has 0 saturated heterocycles. The summed E-state index contributed by atoms with van der Waals surface area (Å²) < 4.78 is 0. The molecule has 0 fully saturated rings. The van der Waals surface area contributed by atoms with Crippen LogP contribution in [0.25, 0.3) is 11.1 Å². The molecule has 0 saturated carbocycles. The summed E-state index contributed by atoms with van der Waals surface area (Å²) in [7, 11) is 0. The molecule has 4 rings (SSSR count). The van der Waals surface area contributed by atoms with Crippen molar-refractivity contribution in [1.29, 1.82) is 0 Å². The molecular weight excluding hydrogens is 354 g/mol. The van der Waals surface area contributed by atoms with Gasteiger partial charge in [-0.2, -0.15) is 0 Å². The smallest absolute Gasteiger partial charge is 0.225 e. The molecule has 4 aromatic carbocycles. The molecule has 2 heteroatoms. The molecule has 0 radical (unpaired) electrons. The minimum Gasteiger partial charge on any atom is -0.326 e. The Kier molecular flexibility index (Phi) is 5.82.